The zero-order chi connectivity index (χ0) is 13.3. The lowest BCUT2D eigenvalue weighted by molar-refractivity contribution is 0.601. The zero-order valence-corrected chi connectivity index (χ0v) is 11.0. The average Bonchev–Trinajstić information content (AvgIpc) is 2.66. The quantitative estimate of drug-likeness (QED) is 0.836. The highest BCUT2D eigenvalue weighted by Gasteiger charge is 2.19. The number of halogens is 1. The fourth-order valence-corrected chi connectivity index (χ4v) is 2.79. The molecule has 0 aliphatic carbocycles. The number of nitrogens with one attached hydrogen (secondary N) is 1. The van der Waals surface area contributed by atoms with Crippen molar-refractivity contribution in [1.29, 1.82) is 0 Å². The van der Waals surface area contributed by atoms with Crippen LogP contribution < -0.4 is 10.5 Å². The lowest BCUT2D eigenvalue weighted by Gasteiger charge is -2.08. The third-order valence-electron chi connectivity index (χ3n) is 2.22. The standard InChI is InChI=1S/C10H11ClN4O2S/c1-15-5-4-10(13-15)14-18(16,17)9-6-7(11)2-3-8(9)12/h2-6H,12H2,1H3,(H,13,14). The van der Waals surface area contributed by atoms with Gasteiger partial charge in [0.1, 0.15) is 4.90 Å². The van der Waals surface area contributed by atoms with E-state index < -0.39 is 10.0 Å². The van der Waals surface area contributed by atoms with Crippen LogP contribution in [0.2, 0.25) is 5.02 Å². The maximum absolute atomic E-state index is 12.1. The Bertz CT molecular complexity index is 681. The molecule has 0 spiro atoms. The number of hydrogen-bond acceptors (Lipinski definition) is 4. The predicted molar refractivity (Wildman–Crippen MR) is 69.9 cm³/mol. The topological polar surface area (TPSA) is 90.0 Å². The number of nitrogens with zero attached hydrogens (tertiary/aromatic N) is 2. The van der Waals surface area contributed by atoms with E-state index in [1.807, 2.05) is 0 Å². The van der Waals surface area contributed by atoms with Gasteiger partial charge in [0.05, 0.1) is 5.69 Å². The number of rotatable bonds is 3. The van der Waals surface area contributed by atoms with Gasteiger partial charge in [-0.05, 0) is 18.2 Å². The molecule has 6 nitrogen and oxygen atoms in total. The van der Waals surface area contributed by atoms with E-state index in [4.69, 9.17) is 17.3 Å². The molecule has 1 aromatic carbocycles. The minimum absolute atomic E-state index is 0.0688. The molecule has 0 unspecified atom stereocenters. The largest absolute Gasteiger partial charge is 0.398 e. The lowest BCUT2D eigenvalue weighted by Crippen LogP contribution is -2.15. The number of aryl methyl sites for hydroxylation is 1. The molecule has 0 radical (unpaired) electrons. The molecule has 1 aromatic heterocycles. The van der Waals surface area contributed by atoms with Crippen LogP contribution in [0, 0.1) is 0 Å². The van der Waals surface area contributed by atoms with Crippen LogP contribution >= 0.6 is 11.6 Å². The summed E-state index contributed by atoms with van der Waals surface area (Å²) >= 11 is 5.76. The summed E-state index contributed by atoms with van der Waals surface area (Å²) in [5.41, 5.74) is 5.76. The van der Waals surface area contributed by atoms with Gasteiger partial charge in [0, 0.05) is 24.3 Å². The second kappa shape index (κ2) is 4.51. The van der Waals surface area contributed by atoms with Crippen molar-refractivity contribution in [3.05, 3.63) is 35.5 Å². The smallest absolute Gasteiger partial charge is 0.265 e. The van der Waals surface area contributed by atoms with Gasteiger partial charge in [-0.15, -0.1) is 0 Å². The van der Waals surface area contributed by atoms with Crippen LogP contribution in [0.1, 0.15) is 0 Å². The van der Waals surface area contributed by atoms with Crippen LogP contribution in [0.3, 0.4) is 0 Å². The van der Waals surface area contributed by atoms with E-state index in [9.17, 15) is 8.42 Å². The van der Waals surface area contributed by atoms with Gasteiger partial charge in [0.25, 0.3) is 10.0 Å². The van der Waals surface area contributed by atoms with Crippen LogP contribution in [0.25, 0.3) is 0 Å². The second-order valence-corrected chi connectivity index (χ2v) is 5.75. The molecular weight excluding hydrogens is 276 g/mol. The maximum Gasteiger partial charge on any atom is 0.265 e. The first-order valence-corrected chi connectivity index (χ1v) is 6.82. The molecule has 3 N–H and O–H groups in total. The monoisotopic (exact) mass is 286 g/mol. The van der Waals surface area contributed by atoms with Crippen molar-refractivity contribution in [2.24, 2.45) is 7.05 Å². The van der Waals surface area contributed by atoms with Crippen LogP contribution in [-0.4, -0.2) is 18.2 Å². The highest BCUT2D eigenvalue weighted by molar-refractivity contribution is 7.92. The summed E-state index contributed by atoms with van der Waals surface area (Å²) in [6.07, 6.45) is 1.62. The number of nitrogen functional groups attached to an aromatic ring is 1. The molecule has 18 heavy (non-hydrogen) atoms. The SMILES string of the molecule is Cn1ccc(NS(=O)(=O)c2cc(Cl)ccc2N)n1. The molecule has 8 heteroatoms. The van der Waals surface area contributed by atoms with E-state index >= 15 is 0 Å². The summed E-state index contributed by atoms with van der Waals surface area (Å²) in [7, 11) is -2.10. The average molecular weight is 287 g/mol. The van der Waals surface area contributed by atoms with Gasteiger partial charge in [-0.1, -0.05) is 11.6 Å². The first-order chi connectivity index (χ1) is 8.38. The first-order valence-electron chi connectivity index (χ1n) is 4.96. The summed E-state index contributed by atoms with van der Waals surface area (Å²) < 4.78 is 28.0. The molecule has 0 atom stereocenters. The fraction of sp³-hybridized carbons (Fsp3) is 0.100. The van der Waals surface area contributed by atoms with Gasteiger partial charge in [0.15, 0.2) is 5.82 Å². The van der Waals surface area contributed by atoms with Gasteiger partial charge < -0.3 is 5.73 Å². The molecule has 96 valence electrons. The molecule has 0 aliphatic heterocycles. The van der Waals surface area contributed by atoms with Gasteiger partial charge in [-0.25, -0.2) is 8.42 Å². The highest BCUT2D eigenvalue weighted by Crippen LogP contribution is 2.24. The molecule has 0 aliphatic rings. The Morgan fingerprint density at radius 1 is 1.39 bits per heavy atom. The number of benzene rings is 1. The summed E-state index contributed by atoms with van der Waals surface area (Å²) in [6, 6.07) is 5.80. The lowest BCUT2D eigenvalue weighted by atomic mass is 10.3. The second-order valence-electron chi connectivity index (χ2n) is 3.66. The maximum atomic E-state index is 12.1. The highest BCUT2D eigenvalue weighted by atomic mass is 35.5. The van der Waals surface area contributed by atoms with E-state index in [0.29, 0.717) is 5.02 Å². The summed E-state index contributed by atoms with van der Waals surface area (Å²) in [5, 5.41) is 4.22. The Hall–Kier alpha value is -1.73. The van der Waals surface area contributed by atoms with Crippen molar-refractivity contribution < 1.29 is 8.42 Å². The fourth-order valence-electron chi connectivity index (χ4n) is 1.40. The molecule has 0 saturated carbocycles. The zero-order valence-electron chi connectivity index (χ0n) is 9.46. The van der Waals surface area contributed by atoms with Crippen molar-refractivity contribution in [2.75, 3.05) is 10.5 Å². The minimum atomic E-state index is -3.79. The van der Waals surface area contributed by atoms with Crippen LogP contribution in [0.15, 0.2) is 35.4 Å². The Morgan fingerprint density at radius 3 is 2.72 bits per heavy atom. The molecule has 0 saturated heterocycles. The van der Waals surface area contributed by atoms with Crippen LogP contribution in [0.4, 0.5) is 11.5 Å². The van der Waals surface area contributed by atoms with Crippen LogP contribution in [-0.2, 0) is 17.1 Å². The van der Waals surface area contributed by atoms with E-state index in [1.165, 1.54) is 28.9 Å². The summed E-state index contributed by atoms with van der Waals surface area (Å²) in [4.78, 5) is -0.0688. The van der Waals surface area contributed by atoms with Crippen LogP contribution in [0.5, 0.6) is 0 Å². The number of anilines is 2. The number of hydrogen-bond donors (Lipinski definition) is 2. The van der Waals surface area contributed by atoms with Gasteiger partial charge in [-0.3, -0.25) is 9.40 Å². The number of aromatic nitrogens is 2. The van der Waals surface area contributed by atoms with E-state index in [2.05, 4.69) is 9.82 Å². The van der Waals surface area contributed by atoms with Crippen molar-refractivity contribution in [3.8, 4) is 0 Å². The molecular formula is C10H11ClN4O2S. The Morgan fingerprint density at radius 2 is 2.11 bits per heavy atom. The number of nitrogens with two attached hydrogens (primary N) is 1. The molecule has 0 amide bonds. The Labute approximate surface area is 109 Å². The van der Waals surface area contributed by atoms with E-state index in [0.717, 1.165) is 0 Å². The van der Waals surface area contributed by atoms with Crippen molar-refractivity contribution >= 4 is 33.1 Å². The molecule has 1 heterocycles. The van der Waals surface area contributed by atoms with Gasteiger partial charge in [-0.2, -0.15) is 5.10 Å². The predicted octanol–water partition coefficient (Wildman–Crippen LogP) is 1.46. The molecule has 2 aromatic rings. The third-order valence-corrected chi connectivity index (χ3v) is 3.86. The molecule has 0 fully saturated rings. The van der Waals surface area contributed by atoms with E-state index in [1.54, 1.807) is 13.2 Å². The van der Waals surface area contributed by atoms with Gasteiger partial charge >= 0.3 is 0 Å². The minimum Gasteiger partial charge on any atom is -0.398 e. The third kappa shape index (κ3) is 2.57. The molecule has 0 bridgehead atoms. The first kappa shape index (κ1) is 12.7. The summed E-state index contributed by atoms with van der Waals surface area (Å²) in [5.74, 6) is 0.219. The normalized spacial score (nSPS) is 11.4. The van der Waals surface area contributed by atoms with Gasteiger partial charge in [0.2, 0.25) is 0 Å². The Balaban J connectivity index is 2.39. The van der Waals surface area contributed by atoms with Crippen molar-refractivity contribution in [1.82, 2.24) is 9.78 Å². The number of sulfonamides is 1. The van der Waals surface area contributed by atoms with Crippen molar-refractivity contribution in [2.45, 2.75) is 4.90 Å². The van der Waals surface area contributed by atoms with Crippen molar-refractivity contribution in [3.63, 3.8) is 0 Å². The van der Waals surface area contributed by atoms with E-state index in [-0.39, 0.29) is 16.4 Å². The molecule has 2 rings (SSSR count). The summed E-state index contributed by atoms with van der Waals surface area (Å²) in [6.45, 7) is 0. The Kier molecular flexibility index (Phi) is 3.18.